The number of likely N-dealkylation sites (tertiary alicyclic amines) is 1. The number of carbonyl (C=O) groups excluding carboxylic acids is 2. The number of aliphatic hydroxyl groups is 1. The molecular formula is C20H35N3O3. The van der Waals surface area contributed by atoms with Crippen molar-refractivity contribution < 1.29 is 14.7 Å². The number of piperidine rings is 1. The smallest absolute Gasteiger partial charge is 0.321 e. The van der Waals surface area contributed by atoms with Crippen molar-refractivity contribution in [2.75, 3.05) is 13.1 Å². The molecule has 26 heavy (non-hydrogen) atoms. The zero-order valence-electron chi connectivity index (χ0n) is 15.9. The van der Waals surface area contributed by atoms with Crippen LogP contribution in [-0.2, 0) is 4.79 Å². The molecule has 6 heteroatoms. The molecule has 0 bridgehead atoms. The van der Waals surface area contributed by atoms with Crippen molar-refractivity contribution in [2.45, 2.75) is 95.2 Å². The highest BCUT2D eigenvalue weighted by molar-refractivity contribution is 5.95. The van der Waals surface area contributed by atoms with Crippen LogP contribution in [0.4, 0.5) is 4.79 Å². The minimum absolute atomic E-state index is 0.205. The summed E-state index contributed by atoms with van der Waals surface area (Å²) in [6.07, 6.45) is 12.8. The normalized spacial score (nSPS) is 31.3. The van der Waals surface area contributed by atoms with Gasteiger partial charge in [0.2, 0.25) is 5.91 Å². The highest BCUT2D eigenvalue weighted by atomic mass is 16.3. The van der Waals surface area contributed by atoms with E-state index in [4.69, 9.17) is 0 Å². The Morgan fingerprint density at radius 1 is 0.885 bits per heavy atom. The molecule has 0 aromatic rings. The molecule has 0 aromatic carbocycles. The lowest BCUT2D eigenvalue weighted by Gasteiger charge is -2.43. The summed E-state index contributed by atoms with van der Waals surface area (Å²) < 4.78 is 0. The van der Waals surface area contributed by atoms with E-state index in [2.05, 4.69) is 15.5 Å². The number of aliphatic hydroxyl groups excluding tert-OH is 1. The number of hydrogen-bond acceptors (Lipinski definition) is 4. The van der Waals surface area contributed by atoms with Crippen LogP contribution in [0.25, 0.3) is 0 Å². The van der Waals surface area contributed by atoms with E-state index in [9.17, 15) is 14.7 Å². The lowest BCUT2D eigenvalue weighted by molar-refractivity contribution is -0.123. The van der Waals surface area contributed by atoms with Gasteiger partial charge in [-0.15, -0.1) is 0 Å². The second-order valence-electron chi connectivity index (χ2n) is 8.41. The zero-order valence-corrected chi connectivity index (χ0v) is 15.9. The fourth-order valence-electron chi connectivity index (χ4n) is 5.11. The van der Waals surface area contributed by atoms with Gasteiger partial charge < -0.3 is 10.4 Å². The van der Waals surface area contributed by atoms with Crippen molar-refractivity contribution in [3.63, 3.8) is 0 Å². The molecule has 0 radical (unpaired) electrons. The van der Waals surface area contributed by atoms with Gasteiger partial charge in [0.05, 0.1) is 12.6 Å². The Morgan fingerprint density at radius 2 is 1.58 bits per heavy atom. The average molecular weight is 366 g/mol. The number of rotatable bonds is 4. The van der Waals surface area contributed by atoms with E-state index >= 15 is 0 Å². The summed E-state index contributed by atoms with van der Waals surface area (Å²) in [5.74, 6) is 0.0448. The van der Waals surface area contributed by atoms with Crippen LogP contribution in [0.15, 0.2) is 0 Å². The summed E-state index contributed by atoms with van der Waals surface area (Å²) in [4.78, 5) is 26.7. The second-order valence-corrected chi connectivity index (χ2v) is 8.41. The minimum atomic E-state index is -0.354. The van der Waals surface area contributed by atoms with Gasteiger partial charge in [0.1, 0.15) is 0 Å². The van der Waals surface area contributed by atoms with Gasteiger partial charge in [0.25, 0.3) is 0 Å². The molecule has 1 aliphatic heterocycles. The van der Waals surface area contributed by atoms with Crippen molar-refractivity contribution >= 4 is 11.9 Å². The van der Waals surface area contributed by atoms with E-state index in [1.807, 2.05) is 0 Å². The summed E-state index contributed by atoms with van der Waals surface area (Å²) in [6, 6.07) is 0.121. The summed E-state index contributed by atoms with van der Waals surface area (Å²) in [5.41, 5.74) is 0. The molecule has 3 aliphatic rings. The lowest BCUT2D eigenvalue weighted by atomic mass is 9.78. The number of carbonyl (C=O) groups is 2. The van der Waals surface area contributed by atoms with Gasteiger partial charge in [-0.05, 0) is 45.1 Å². The zero-order chi connectivity index (χ0) is 18.4. The number of amides is 3. The predicted octanol–water partition coefficient (Wildman–Crippen LogP) is 2.55. The fourth-order valence-corrected chi connectivity index (χ4v) is 5.11. The molecule has 3 N–H and O–H groups in total. The molecule has 0 aromatic heterocycles. The third-order valence-electron chi connectivity index (χ3n) is 6.48. The molecular weight excluding hydrogens is 330 g/mol. The maximum Gasteiger partial charge on any atom is 0.321 e. The third-order valence-corrected chi connectivity index (χ3v) is 6.48. The molecule has 1 saturated heterocycles. The highest BCUT2D eigenvalue weighted by Crippen LogP contribution is 2.33. The first-order valence-electron chi connectivity index (χ1n) is 10.7. The standard InChI is InChI=1S/C20H35N3O3/c24-18-12-5-4-10-16(18)17-11-6-7-13-23(17)14-19(25)22-20(26)21-15-8-2-1-3-9-15/h15-18,24H,1-14H2,(H2,21,22,25,26)/t16-,17+,18-/m0/s1. The number of hydrogen-bond donors (Lipinski definition) is 3. The van der Waals surface area contributed by atoms with Crippen molar-refractivity contribution in [1.82, 2.24) is 15.5 Å². The molecule has 0 unspecified atom stereocenters. The van der Waals surface area contributed by atoms with Crippen LogP contribution >= 0.6 is 0 Å². The Kier molecular flexibility index (Phi) is 7.32. The molecule has 6 nitrogen and oxygen atoms in total. The Morgan fingerprint density at radius 3 is 2.35 bits per heavy atom. The van der Waals surface area contributed by atoms with Crippen molar-refractivity contribution in [2.24, 2.45) is 5.92 Å². The van der Waals surface area contributed by atoms with Crippen LogP contribution in [0.3, 0.4) is 0 Å². The van der Waals surface area contributed by atoms with Crippen molar-refractivity contribution in [1.29, 1.82) is 0 Å². The predicted molar refractivity (Wildman–Crippen MR) is 101 cm³/mol. The van der Waals surface area contributed by atoms with Gasteiger partial charge in [-0.3, -0.25) is 15.0 Å². The number of nitrogens with zero attached hydrogens (tertiary/aromatic N) is 1. The van der Waals surface area contributed by atoms with Crippen molar-refractivity contribution in [3.05, 3.63) is 0 Å². The van der Waals surface area contributed by atoms with E-state index in [1.165, 1.54) is 12.8 Å². The first kappa shape index (κ1) is 19.6. The van der Waals surface area contributed by atoms with E-state index in [0.29, 0.717) is 0 Å². The van der Waals surface area contributed by atoms with Gasteiger partial charge in [-0.25, -0.2) is 4.79 Å². The van der Waals surface area contributed by atoms with E-state index in [-0.39, 0.29) is 42.6 Å². The van der Waals surface area contributed by atoms with Crippen LogP contribution < -0.4 is 10.6 Å². The number of urea groups is 1. The maximum absolute atomic E-state index is 12.4. The fraction of sp³-hybridized carbons (Fsp3) is 0.900. The van der Waals surface area contributed by atoms with Crippen LogP contribution in [0.2, 0.25) is 0 Å². The van der Waals surface area contributed by atoms with Gasteiger partial charge in [0, 0.05) is 18.0 Å². The monoisotopic (exact) mass is 365 g/mol. The van der Waals surface area contributed by atoms with Crippen LogP contribution in [0.5, 0.6) is 0 Å². The average Bonchev–Trinajstić information content (AvgIpc) is 2.63. The lowest BCUT2D eigenvalue weighted by Crippen LogP contribution is -2.53. The molecule has 0 spiro atoms. The van der Waals surface area contributed by atoms with Crippen LogP contribution in [0, 0.1) is 5.92 Å². The molecule has 3 fully saturated rings. The molecule has 148 valence electrons. The second kappa shape index (κ2) is 9.70. The number of imide groups is 1. The van der Waals surface area contributed by atoms with Crippen molar-refractivity contribution in [3.8, 4) is 0 Å². The van der Waals surface area contributed by atoms with Gasteiger partial charge in [-0.2, -0.15) is 0 Å². The molecule has 2 aliphatic carbocycles. The molecule has 3 atom stereocenters. The Balaban J connectivity index is 1.48. The Labute approximate surface area is 157 Å². The largest absolute Gasteiger partial charge is 0.393 e. The summed E-state index contributed by atoms with van der Waals surface area (Å²) in [6.45, 7) is 1.14. The summed E-state index contributed by atoms with van der Waals surface area (Å²) >= 11 is 0. The van der Waals surface area contributed by atoms with Gasteiger partial charge in [0.15, 0.2) is 0 Å². The molecule has 3 amide bonds. The van der Waals surface area contributed by atoms with Gasteiger partial charge >= 0.3 is 6.03 Å². The third kappa shape index (κ3) is 5.43. The topological polar surface area (TPSA) is 81.7 Å². The Hall–Kier alpha value is -1.14. The minimum Gasteiger partial charge on any atom is -0.393 e. The van der Waals surface area contributed by atoms with Gasteiger partial charge in [-0.1, -0.05) is 38.5 Å². The maximum atomic E-state index is 12.4. The van der Waals surface area contributed by atoms with E-state index in [0.717, 1.165) is 70.8 Å². The van der Waals surface area contributed by atoms with E-state index < -0.39 is 0 Å². The van der Waals surface area contributed by atoms with Crippen LogP contribution in [0.1, 0.15) is 77.0 Å². The first-order valence-corrected chi connectivity index (χ1v) is 10.7. The summed E-state index contributed by atoms with van der Waals surface area (Å²) in [5, 5.41) is 15.9. The summed E-state index contributed by atoms with van der Waals surface area (Å²) in [7, 11) is 0. The SMILES string of the molecule is O=C(CN1CCCC[C@@H]1[C@@H]1CCCC[C@@H]1O)NC(=O)NC1CCCCC1. The Bertz CT molecular complexity index is 479. The molecule has 2 saturated carbocycles. The van der Waals surface area contributed by atoms with Crippen LogP contribution in [-0.4, -0.2) is 53.2 Å². The van der Waals surface area contributed by atoms with E-state index in [1.54, 1.807) is 0 Å². The first-order chi connectivity index (χ1) is 12.6. The molecule has 3 rings (SSSR count). The number of nitrogens with one attached hydrogen (secondary N) is 2. The quantitative estimate of drug-likeness (QED) is 0.715. The molecule has 1 heterocycles. The highest BCUT2D eigenvalue weighted by Gasteiger charge is 2.36.